The molecule has 1 heterocycles. The lowest BCUT2D eigenvalue weighted by molar-refractivity contribution is 0.141. The summed E-state index contributed by atoms with van der Waals surface area (Å²) < 4.78 is 5.11. The number of para-hydroxylation sites is 1. The Bertz CT molecular complexity index is 664. The van der Waals surface area contributed by atoms with Crippen molar-refractivity contribution in [2.24, 2.45) is 5.92 Å². The van der Waals surface area contributed by atoms with E-state index in [4.69, 9.17) is 21.9 Å². The molecule has 7 heteroatoms. The van der Waals surface area contributed by atoms with Gasteiger partial charge in [-0.2, -0.15) is 0 Å². The van der Waals surface area contributed by atoms with Crippen molar-refractivity contribution in [2.45, 2.75) is 33.1 Å². The molecule has 26 heavy (non-hydrogen) atoms. The first-order chi connectivity index (χ1) is 12.4. The number of carbonyl (C=O) groups is 1. The summed E-state index contributed by atoms with van der Waals surface area (Å²) in [5, 5.41) is 2.51. The molecule has 0 spiro atoms. The van der Waals surface area contributed by atoms with E-state index in [1.807, 2.05) is 30.3 Å². The molecule has 0 fully saturated rings. The highest BCUT2D eigenvalue weighted by molar-refractivity contribution is 5.84. The lowest BCUT2D eigenvalue weighted by Crippen LogP contribution is -2.18. The van der Waals surface area contributed by atoms with Gasteiger partial charge in [0.05, 0.1) is 12.3 Å². The topological polar surface area (TPSA) is 129 Å². The van der Waals surface area contributed by atoms with Crippen LogP contribution in [0.15, 0.2) is 42.5 Å². The summed E-state index contributed by atoms with van der Waals surface area (Å²) in [5.74, 6) is 0.877. The Morgan fingerprint density at radius 3 is 2.38 bits per heavy atom. The molecule has 0 radical (unpaired) electrons. The highest BCUT2D eigenvalue weighted by Gasteiger charge is 2.08. The number of amides is 1. The van der Waals surface area contributed by atoms with Crippen LogP contribution in [0.3, 0.4) is 0 Å². The van der Waals surface area contributed by atoms with E-state index in [2.05, 4.69) is 24.1 Å². The number of ether oxygens (including phenoxy) is 1. The number of benzene rings is 1. The highest BCUT2D eigenvalue weighted by atomic mass is 16.5. The number of carbonyl (C=O) groups excluding carboxylic acids is 1. The Hall–Kier alpha value is -2.96. The fraction of sp³-hybridized carbons (Fsp3) is 0.368. The summed E-state index contributed by atoms with van der Waals surface area (Å²) in [4.78, 5) is 15.5. The zero-order valence-electron chi connectivity index (χ0n) is 15.4. The number of hydrogen-bond donors (Lipinski definition) is 4. The van der Waals surface area contributed by atoms with E-state index < -0.39 is 6.09 Å². The maximum atomic E-state index is 11.5. The average molecular weight is 359 g/mol. The number of pyridine rings is 1. The van der Waals surface area contributed by atoms with Gasteiger partial charge in [-0.05, 0) is 36.6 Å². The van der Waals surface area contributed by atoms with Crippen LogP contribution in [-0.2, 0) is 4.74 Å². The van der Waals surface area contributed by atoms with E-state index in [1.165, 1.54) is 0 Å². The minimum absolute atomic E-state index is 0.189. The molecule has 0 aliphatic carbocycles. The van der Waals surface area contributed by atoms with Crippen LogP contribution in [0.1, 0.15) is 33.1 Å². The zero-order valence-corrected chi connectivity index (χ0v) is 15.4. The van der Waals surface area contributed by atoms with E-state index in [9.17, 15) is 4.79 Å². The van der Waals surface area contributed by atoms with Crippen molar-refractivity contribution in [1.82, 2.24) is 4.98 Å². The van der Waals surface area contributed by atoms with Gasteiger partial charge in [-0.1, -0.05) is 44.9 Å². The summed E-state index contributed by atoms with van der Waals surface area (Å²) in [6.45, 7) is 4.59. The molecule has 1 unspecified atom stereocenters. The first-order valence-corrected chi connectivity index (χ1v) is 8.68. The molecule has 0 aliphatic rings. The van der Waals surface area contributed by atoms with Crippen molar-refractivity contribution in [1.29, 1.82) is 0 Å². The van der Waals surface area contributed by atoms with Crippen LogP contribution in [0.4, 0.5) is 27.8 Å². The molecule has 7 N–H and O–H groups in total. The third-order valence-electron chi connectivity index (χ3n) is 3.54. The minimum atomic E-state index is -0.528. The highest BCUT2D eigenvalue weighted by Crippen LogP contribution is 2.15. The lowest BCUT2D eigenvalue weighted by Gasteiger charge is -2.12. The Morgan fingerprint density at radius 1 is 1.15 bits per heavy atom. The number of unbranched alkanes of at least 4 members (excludes halogenated alkanes) is 1. The summed E-state index contributed by atoms with van der Waals surface area (Å²) in [7, 11) is 0. The normalized spacial score (nSPS) is 11.0. The van der Waals surface area contributed by atoms with Gasteiger partial charge in [0.15, 0.2) is 0 Å². The molecule has 1 amide bonds. The molecule has 0 saturated carbocycles. The van der Waals surface area contributed by atoms with Gasteiger partial charge in [0.1, 0.15) is 11.6 Å². The van der Waals surface area contributed by atoms with E-state index in [0.29, 0.717) is 24.0 Å². The number of anilines is 4. The largest absolute Gasteiger partial charge is 0.449 e. The van der Waals surface area contributed by atoms with Crippen LogP contribution < -0.4 is 22.5 Å². The van der Waals surface area contributed by atoms with Gasteiger partial charge in [-0.15, -0.1) is 0 Å². The monoisotopic (exact) mass is 359 g/mol. The number of nitrogens with zero attached hydrogens (tertiary/aromatic N) is 1. The van der Waals surface area contributed by atoms with Crippen molar-refractivity contribution in [3.05, 3.63) is 42.5 Å². The van der Waals surface area contributed by atoms with Crippen molar-refractivity contribution in [3.8, 4) is 0 Å². The van der Waals surface area contributed by atoms with Crippen molar-refractivity contribution in [2.75, 3.05) is 29.1 Å². The number of rotatable bonds is 6. The Kier molecular flexibility index (Phi) is 9.38. The smallest absolute Gasteiger partial charge is 0.412 e. The minimum Gasteiger partial charge on any atom is -0.449 e. The lowest BCUT2D eigenvalue weighted by atomic mass is 10.1. The molecule has 0 aliphatic heterocycles. The van der Waals surface area contributed by atoms with Gasteiger partial charge in [0, 0.05) is 5.69 Å². The van der Waals surface area contributed by atoms with Crippen LogP contribution in [0.25, 0.3) is 0 Å². The SMILES string of the molecule is CCCCC(C)COC(=O)Nc1ccc(N)c(N)n1.Nc1ccccc1. The average Bonchev–Trinajstić information content (AvgIpc) is 2.62. The summed E-state index contributed by atoms with van der Waals surface area (Å²) >= 11 is 0. The maximum Gasteiger partial charge on any atom is 0.412 e. The fourth-order valence-corrected chi connectivity index (χ4v) is 2.00. The maximum absolute atomic E-state index is 11.5. The number of nitrogens with two attached hydrogens (primary N) is 3. The van der Waals surface area contributed by atoms with E-state index >= 15 is 0 Å². The van der Waals surface area contributed by atoms with Gasteiger partial charge in [-0.25, -0.2) is 9.78 Å². The van der Waals surface area contributed by atoms with E-state index in [-0.39, 0.29) is 5.82 Å². The molecule has 0 saturated heterocycles. The van der Waals surface area contributed by atoms with Gasteiger partial charge >= 0.3 is 6.09 Å². The molecule has 142 valence electrons. The second-order valence-corrected chi connectivity index (χ2v) is 6.05. The van der Waals surface area contributed by atoms with Crippen LogP contribution in [0.5, 0.6) is 0 Å². The van der Waals surface area contributed by atoms with Gasteiger partial charge < -0.3 is 21.9 Å². The third kappa shape index (κ3) is 8.77. The predicted octanol–water partition coefficient (Wildman–Crippen LogP) is 3.89. The van der Waals surface area contributed by atoms with Crippen LogP contribution in [-0.4, -0.2) is 17.7 Å². The molecular formula is C19H29N5O2. The molecule has 7 nitrogen and oxygen atoms in total. The molecule has 1 aromatic carbocycles. The van der Waals surface area contributed by atoms with Crippen LogP contribution in [0, 0.1) is 5.92 Å². The first-order valence-electron chi connectivity index (χ1n) is 8.68. The van der Waals surface area contributed by atoms with Gasteiger partial charge in [-0.3, -0.25) is 5.32 Å². The standard InChI is InChI=1S/C13H22N4O2.C6H7N/c1-3-4-5-9(2)8-19-13(18)17-11-7-6-10(14)12(15)16-11;7-6-4-2-1-3-5-6/h6-7,9H,3-5,8,14H2,1-2H3,(H3,15,16,17,18);1-5H,7H2. The third-order valence-corrected chi connectivity index (χ3v) is 3.54. The quantitative estimate of drug-likeness (QED) is 0.579. The predicted molar refractivity (Wildman–Crippen MR) is 108 cm³/mol. The summed E-state index contributed by atoms with van der Waals surface area (Å²) in [5.41, 5.74) is 17.6. The Morgan fingerprint density at radius 2 is 1.85 bits per heavy atom. The summed E-state index contributed by atoms with van der Waals surface area (Å²) in [6.07, 6.45) is 2.81. The number of nitrogen functional groups attached to an aromatic ring is 3. The van der Waals surface area contributed by atoms with Crippen molar-refractivity contribution < 1.29 is 9.53 Å². The second kappa shape index (κ2) is 11.6. The van der Waals surface area contributed by atoms with E-state index in [0.717, 1.165) is 24.9 Å². The van der Waals surface area contributed by atoms with Gasteiger partial charge in [0.25, 0.3) is 0 Å². The molecule has 1 aromatic heterocycles. The summed E-state index contributed by atoms with van der Waals surface area (Å²) in [6, 6.07) is 12.6. The molecule has 2 aromatic rings. The Labute approximate surface area is 154 Å². The van der Waals surface area contributed by atoms with Crippen LogP contribution in [0.2, 0.25) is 0 Å². The fourth-order valence-electron chi connectivity index (χ4n) is 2.00. The van der Waals surface area contributed by atoms with Crippen LogP contribution >= 0.6 is 0 Å². The Balaban J connectivity index is 0.000000401. The molecule has 1 atom stereocenters. The number of nitrogens with one attached hydrogen (secondary N) is 1. The first kappa shape index (κ1) is 21.1. The number of aromatic nitrogens is 1. The molecular weight excluding hydrogens is 330 g/mol. The van der Waals surface area contributed by atoms with Crippen molar-refractivity contribution >= 4 is 29.1 Å². The molecule has 2 rings (SSSR count). The zero-order chi connectivity index (χ0) is 19.4. The van der Waals surface area contributed by atoms with Crippen molar-refractivity contribution in [3.63, 3.8) is 0 Å². The van der Waals surface area contributed by atoms with E-state index in [1.54, 1.807) is 12.1 Å². The molecule has 0 bridgehead atoms. The van der Waals surface area contributed by atoms with Gasteiger partial charge in [0.2, 0.25) is 0 Å². The second-order valence-electron chi connectivity index (χ2n) is 6.05. The number of hydrogen-bond acceptors (Lipinski definition) is 6.